The maximum Gasteiger partial charge on any atom is 0.305 e. The van der Waals surface area contributed by atoms with Gasteiger partial charge in [0, 0.05) is 5.54 Å². The number of carbonyl (C=O) groups is 2. The van der Waals surface area contributed by atoms with E-state index in [9.17, 15) is 9.59 Å². The summed E-state index contributed by atoms with van der Waals surface area (Å²) < 4.78 is 0. The Morgan fingerprint density at radius 1 is 1.40 bits per heavy atom. The summed E-state index contributed by atoms with van der Waals surface area (Å²) in [7, 11) is 0. The van der Waals surface area contributed by atoms with E-state index in [0.29, 0.717) is 11.0 Å². The van der Waals surface area contributed by atoms with Crippen molar-refractivity contribution in [1.29, 1.82) is 0 Å². The lowest BCUT2D eigenvalue weighted by molar-refractivity contribution is -0.138. The maximum absolute atomic E-state index is 11.4. The van der Waals surface area contributed by atoms with E-state index in [4.69, 9.17) is 5.11 Å². The Morgan fingerprint density at radius 3 is 2.33 bits per heavy atom. The van der Waals surface area contributed by atoms with Crippen LogP contribution in [0.4, 0.5) is 0 Å². The van der Waals surface area contributed by atoms with Crippen LogP contribution in [0.2, 0.25) is 0 Å². The van der Waals surface area contributed by atoms with Gasteiger partial charge in [-0.2, -0.15) is 0 Å². The van der Waals surface area contributed by atoms with E-state index in [-0.39, 0.29) is 12.3 Å². The van der Waals surface area contributed by atoms with Crippen molar-refractivity contribution in [2.45, 2.75) is 44.9 Å². The van der Waals surface area contributed by atoms with Crippen molar-refractivity contribution in [3.63, 3.8) is 0 Å². The molecule has 0 saturated carbocycles. The summed E-state index contributed by atoms with van der Waals surface area (Å²) in [6.07, 6.45) is -0.0644. The van der Waals surface area contributed by atoms with Gasteiger partial charge >= 0.3 is 5.97 Å². The molecule has 0 unspecified atom stereocenters. The summed E-state index contributed by atoms with van der Waals surface area (Å²) in [4.78, 5) is 21.9. The lowest BCUT2D eigenvalue weighted by Gasteiger charge is -2.24. The molecule has 0 atom stereocenters. The highest BCUT2D eigenvalue weighted by molar-refractivity contribution is 8.00. The van der Waals surface area contributed by atoms with Crippen LogP contribution in [0.5, 0.6) is 0 Å². The molecule has 2 N–H and O–H groups in total. The third-order valence-electron chi connectivity index (χ3n) is 1.62. The molecule has 0 aliphatic heterocycles. The molecule has 4 nitrogen and oxygen atoms in total. The molecule has 0 aromatic heterocycles. The van der Waals surface area contributed by atoms with Gasteiger partial charge in [0.1, 0.15) is 0 Å². The van der Waals surface area contributed by atoms with Gasteiger partial charge in [0.2, 0.25) is 5.91 Å². The van der Waals surface area contributed by atoms with Gasteiger partial charge in [-0.15, -0.1) is 11.8 Å². The Hall–Kier alpha value is -0.710. The zero-order chi connectivity index (χ0) is 12.1. The minimum Gasteiger partial charge on any atom is -0.481 e. The van der Waals surface area contributed by atoms with Gasteiger partial charge in [0.25, 0.3) is 0 Å². The number of amides is 1. The Labute approximate surface area is 94.8 Å². The Morgan fingerprint density at radius 2 is 1.93 bits per heavy atom. The van der Waals surface area contributed by atoms with Crippen LogP contribution in [0.3, 0.4) is 0 Å². The monoisotopic (exact) mass is 233 g/mol. The average Bonchev–Trinajstić information content (AvgIpc) is 1.96. The molecule has 0 aliphatic rings. The average molecular weight is 233 g/mol. The molecule has 0 rings (SSSR count). The molecule has 0 spiro atoms. The molecule has 0 heterocycles. The number of carbonyl (C=O) groups excluding carboxylic acids is 1. The molecule has 0 saturated heterocycles. The van der Waals surface area contributed by atoms with Gasteiger partial charge in [-0.25, -0.2) is 0 Å². The first-order chi connectivity index (χ1) is 6.73. The standard InChI is InChI=1S/C10H19NO3S/c1-7(2)15-6-8(12)11-10(3,4)5-9(13)14/h7H,5-6H2,1-4H3,(H,11,12)(H,13,14). The lowest BCUT2D eigenvalue weighted by atomic mass is 10.0. The van der Waals surface area contributed by atoms with Crippen LogP contribution in [0, 0.1) is 0 Å². The maximum atomic E-state index is 11.4. The number of thioether (sulfide) groups is 1. The number of carboxylic acids is 1. The SMILES string of the molecule is CC(C)SCC(=O)NC(C)(C)CC(=O)O. The van der Waals surface area contributed by atoms with Crippen molar-refractivity contribution >= 4 is 23.6 Å². The minimum absolute atomic E-state index is 0.0644. The van der Waals surface area contributed by atoms with Gasteiger partial charge in [0.15, 0.2) is 0 Å². The lowest BCUT2D eigenvalue weighted by Crippen LogP contribution is -2.45. The largest absolute Gasteiger partial charge is 0.481 e. The normalized spacial score (nSPS) is 11.5. The molecular formula is C10H19NO3S. The summed E-state index contributed by atoms with van der Waals surface area (Å²) in [5.74, 6) is -0.641. The van der Waals surface area contributed by atoms with Crippen LogP contribution in [-0.4, -0.2) is 33.5 Å². The van der Waals surface area contributed by atoms with Crippen LogP contribution in [0.15, 0.2) is 0 Å². The topological polar surface area (TPSA) is 66.4 Å². The highest BCUT2D eigenvalue weighted by atomic mass is 32.2. The minimum atomic E-state index is -0.906. The molecule has 88 valence electrons. The second kappa shape index (κ2) is 6.00. The van der Waals surface area contributed by atoms with Crippen LogP contribution in [0.1, 0.15) is 34.1 Å². The second-order valence-electron chi connectivity index (χ2n) is 4.36. The first-order valence-corrected chi connectivity index (χ1v) is 5.92. The predicted octanol–water partition coefficient (Wildman–Crippen LogP) is 1.50. The van der Waals surface area contributed by atoms with Gasteiger partial charge in [-0.1, -0.05) is 13.8 Å². The number of aliphatic carboxylic acids is 1. The van der Waals surface area contributed by atoms with Gasteiger partial charge < -0.3 is 10.4 Å². The first-order valence-electron chi connectivity index (χ1n) is 4.87. The van der Waals surface area contributed by atoms with E-state index in [0.717, 1.165) is 0 Å². The molecule has 5 heteroatoms. The number of rotatable bonds is 6. The van der Waals surface area contributed by atoms with Gasteiger partial charge in [-0.05, 0) is 19.1 Å². The van der Waals surface area contributed by atoms with E-state index < -0.39 is 11.5 Å². The van der Waals surface area contributed by atoms with E-state index in [1.165, 1.54) is 11.8 Å². The summed E-state index contributed by atoms with van der Waals surface area (Å²) in [6, 6.07) is 0. The summed E-state index contributed by atoms with van der Waals surface area (Å²) in [5, 5.41) is 11.7. The summed E-state index contributed by atoms with van der Waals surface area (Å²) >= 11 is 1.54. The number of hydrogen-bond donors (Lipinski definition) is 2. The Kier molecular flexibility index (Phi) is 5.72. The second-order valence-corrected chi connectivity index (χ2v) is 5.93. The first kappa shape index (κ1) is 14.3. The molecule has 0 bridgehead atoms. The highest BCUT2D eigenvalue weighted by Gasteiger charge is 2.23. The van der Waals surface area contributed by atoms with Gasteiger partial charge in [0.05, 0.1) is 12.2 Å². The zero-order valence-corrected chi connectivity index (χ0v) is 10.5. The molecule has 1 amide bonds. The Balaban J connectivity index is 3.98. The van der Waals surface area contributed by atoms with Crippen LogP contribution < -0.4 is 5.32 Å². The molecule has 15 heavy (non-hydrogen) atoms. The van der Waals surface area contributed by atoms with E-state index in [1.807, 2.05) is 13.8 Å². The van der Waals surface area contributed by atoms with Gasteiger partial charge in [-0.3, -0.25) is 9.59 Å². The number of nitrogens with one attached hydrogen (secondary N) is 1. The smallest absolute Gasteiger partial charge is 0.305 e. The molecular weight excluding hydrogens is 214 g/mol. The summed E-state index contributed by atoms with van der Waals surface area (Å²) in [5.41, 5.74) is -0.680. The van der Waals surface area contributed by atoms with Crippen molar-refractivity contribution in [3.8, 4) is 0 Å². The molecule has 0 aromatic carbocycles. The van der Waals surface area contributed by atoms with Crippen molar-refractivity contribution in [2.75, 3.05) is 5.75 Å². The zero-order valence-electron chi connectivity index (χ0n) is 9.66. The third-order valence-corrected chi connectivity index (χ3v) is 2.71. The quantitative estimate of drug-likeness (QED) is 0.729. The molecule has 0 aliphatic carbocycles. The van der Waals surface area contributed by atoms with E-state index in [2.05, 4.69) is 5.32 Å². The molecule has 0 aromatic rings. The highest BCUT2D eigenvalue weighted by Crippen LogP contribution is 2.11. The van der Waals surface area contributed by atoms with Crippen LogP contribution >= 0.6 is 11.8 Å². The molecule has 0 radical (unpaired) electrons. The van der Waals surface area contributed by atoms with Crippen LogP contribution in [-0.2, 0) is 9.59 Å². The Bertz CT molecular complexity index is 239. The summed E-state index contributed by atoms with van der Waals surface area (Å²) in [6.45, 7) is 7.44. The van der Waals surface area contributed by atoms with Crippen LogP contribution in [0.25, 0.3) is 0 Å². The number of hydrogen-bond acceptors (Lipinski definition) is 3. The predicted molar refractivity (Wildman–Crippen MR) is 62.1 cm³/mol. The van der Waals surface area contributed by atoms with E-state index in [1.54, 1.807) is 13.8 Å². The fourth-order valence-corrected chi connectivity index (χ4v) is 1.63. The fourth-order valence-electron chi connectivity index (χ4n) is 1.08. The van der Waals surface area contributed by atoms with Crippen molar-refractivity contribution in [2.24, 2.45) is 0 Å². The van der Waals surface area contributed by atoms with E-state index >= 15 is 0 Å². The molecule has 0 fully saturated rings. The number of carboxylic acid groups (broad SMARTS) is 1. The van der Waals surface area contributed by atoms with Crippen molar-refractivity contribution < 1.29 is 14.7 Å². The van der Waals surface area contributed by atoms with Crippen molar-refractivity contribution in [1.82, 2.24) is 5.32 Å². The third kappa shape index (κ3) is 8.30. The van der Waals surface area contributed by atoms with Crippen molar-refractivity contribution in [3.05, 3.63) is 0 Å². The fraction of sp³-hybridized carbons (Fsp3) is 0.800.